The highest BCUT2D eigenvalue weighted by Gasteiger charge is 2.17. The van der Waals surface area contributed by atoms with Crippen LogP contribution in [-0.2, 0) is 6.42 Å². The maximum Gasteiger partial charge on any atom is 0.147 e. The molecule has 0 spiro atoms. The topological polar surface area (TPSA) is 58.3 Å². The molecule has 0 radical (unpaired) electrons. The standard InChI is InChI=1S/C15H23N3.C12H18N2S2.C7H14.C3H6/c1-2-6-13(7-3-1)10-14-11-16-12-15(17-14)18-8-4-5-9-18;1-9-11(14(13)15-5)8-10(16-9)6-7-12(2,3)4;1-7-5-3-2-4-6-7;1-3-2/h11-13H,1-10H2;8H,13H2,1-5H3;7H,2-6H2,1H3;3H,1H2,2H3. The van der Waals surface area contributed by atoms with E-state index in [9.17, 15) is 0 Å². The molecule has 1 saturated heterocycles. The number of aromatic nitrogens is 2. The summed E-state index contributed by atoms with van der Waals surface area (Å²) in [6.45, 7) is 18.3. The Hall–Kier alpha value is -2.01. The Morgan fingerprint density at radius 1 is 1.05 bits per heavy atom. The average molecular weight is 640 g/mol. The van der Waals surface area contributed by atoms with Crippen molar-refractivity contribution < 1.29 is 0 Å². The van der Waals surface area contributed by atoms with Crippen molar-refractivity contribution in [3.05, 3.63) is 46.6 Å². The van der Waals surface area contributed by atoms with Crippen molar-refractivity contribution in [2.45, 2.75) is 125 Å². The van der Waals surface area contributed by atoms with Crippen LogP contribution in [0, 0.1) is 36.0 Å². The van der Waals surface area contributed by atoms with Gasteiger partial charge < -0.3 is 4.90 Å². The fourth-order valence-electron chi connectivity index (χ4n) is 5.69. The largest absolute Gasteiger partial charge is 0.355 e. The summed E-state index contributed by atoms with van der Waals surface area (Å²) in [7, 11) is 0. The molecule has 0 bridgehead atoms. The molecule has 2 N–H and O–H groups in total. The summed E-state index contributed by atoms with van der Waals surface area (Å²) in [6.07, 6.45) is 25.8. The molecular formula is C37H61N5S2. The van der Waals surface area contributed by atoms with Gasteiger partial charge in [-0.1, -0.05) is 89.0 Å². The summed E-state index contributed by atoms with van der Waals surface area (Å²) in [5.74, 6) is 15.3. The van der Waals surface area contributed by atoms with E-state index in [1.54, 1.807) is 21.8 Å². The van der Waals surface area contributed by atoms with Gasteiger partial charge in [0.05, 0.1) is 22.5 Å². The van der Waals surface area contributed by atoms with Crippen molar-refractivity contribution in [1.82, 2.24) is 9.97 Å². The zero-order chi connectivity index (χ0) is 32.4. The Morgan fingerprint density at radius 3 is 2.16 bits per heavy atom. The Labute approximate surface area is 279 Å². The van der Waals surface area contributed by atoms with Gasteiger partial charge in [-0.3, -0.25) is 9.40 Å². The van der Waals surface area contributed by atoms with Gasteiger partial charge in [0.25, 0.3) is 0 Å². The third-order valence-electron chi connectivity index (χ3n) is 8.10. The predicted molar refractivity (Wildman–Crippen MR) is 197 cm³/mol. The van der Waals surface area contributed by atoms with E-state index in [1.165, 1.54) is 99.6 Å². The van der Waals surface area contributed by atoms with Crippen LogP contribution < -0.4 is 15.2 Å². The monoisotopic (exact) mass is 639 g/mol. The summed E-state index contributed by atoms with van der Waals surface area (Å²) in [4.78, 5) is 13.9. The second kappa shape index (κ2) is 20.9. The summed E-state index contributed by atoms with van der Waals surface area (Å²) in [5.41, 5.74) is 2.29. The van der Waals surface area contributed by atoms with Crippen molar-refractivity contribution in [1.29, 1.82) is 0 Å². The molecule has 3 aliphatic rings. The van der Waals surface area contributed by atoms with Crippen LogP contribution in [0.25, 0.3) is 0 Å². The Morgan fingerprint density at radius 2 is 1.64 bits per heavy atom. The second-order valence-electron chi connectivity index (χ2n) is 13.5. The number of nitrogens with two attached hydrogens (primary N) is 1. The number of hydrogen-bond donors (Lipinski definition) is 1. The van der Waals surface area contributed by atoms with Gasteiger partial charge in [0.1, 0.15) is 5.82 Å². The van der Waals surface area contributed by atoms with Gasteiger partial charge in [0.2, 0.25) is 0 Å². The predicted octanol–water partition coefficient (Wildman–Crippen LogP) is 10.4. The molecule has 3 heterocycles. The fraction of sp³-hybridized carbons (Fsp3) is 0.676. The molecule has 3 fully saturated rings. The molecule has 0 atom stereocenters. The Balaban J connectivity index is 0.000000237. The number of aryl methyl sites for hydroxylation is 1. The Kier molecular flexibility index (Phi) is 18.1. The molecule has 44 heavy (non-hydrogen) atoms. The fourth-order valence-corrected chi connectivity index (χ4v) is 6.99. The van der Waals surface area contributed by atoms with E-state index in [-0.39, 0.29) is 5.41 Å². The molecule has 2 aliphatic carbocycles. The molecule has 0 amide bonds. The quantitative estimate of drug-likeness (QED) is 0.115. The van der Waals surface area contributed by atoms with E-state index >= 15 is 0 Å². The van der Waals surface area contributed by atoms with Gasteiger partial charge in [-0.15, -0.1) is 17.9 Å². The summed E-state index contributed by atoms with van der Waals surface area (Å²) in [6, 6.07) is 2.05. The van der Waals surface area contributed by atoms with E-state index in [2.05, 4.69) is 69.0 Å². The number of rotatable bonds is 5. The SMILES string of the molecule is C=CC.CC1CCCCC1.CSN(N)c1cc(C#CC(C)(C)C)sc1C.c1ncc(N2CCCC2)nc1CC1CCCCC1. The van der Waals surface area contributed by atoms with Crippen molar-refractivity contribution in [3.8, 4) is 11.8 Å². The van der Waals surface area contributed by atoms with Crippen LogP contribution in [0.1, 0.15) is 127 Å². The van der Waals surface area contributed by atoms with Crippen LogP contribution in [0.15, 0.2) is 31.1 Å². The molecule has 2 aromatic heterocycles. The minimum Gasteiger partial charge on any atom is -0.355 e. The number of hydrazine groups is 1. The molecule has 0 aromatic carbocycles. The maximum absolute atomic E-state index is 5.85. The Bertz CT molecular complexity index is 1120. The third kappa shape index (κ3) is 15.3. The lowest BCUT2D eigenvalue weighted by molar-refractivity contribution is 0.354. The maximum atomic E-state index is 5.85. The normalized spacial score (nSPS) is 17.0. The van der Waals surface area contributed by atoms with Crippen molar-refractivity contribution in [2.75, 3.05) is 28.7 Å². The van der Waals surface area contributed by atoms with Crippen LogP contribution in [-0.4, -0.2) is 29.3 Å². The number of anilines is 2. The van der Waals surface area contributed by atoms with E-state index < -0.39 is 0 Å². The lowest BCUT2D eigenvalue weighted by atomic mass is 9.86. The molecule has 2 saturated carbocycles. The van der Waals surface area contributed by atoms with E-state index in [0.717, 1.165) is 47.7 Å². The third-order valence-corrected chi connectivity index (χ3v) is 9.65. The van der Waals surface area contributed by atoms with Crippen molar-refractivity contribution in [2.24, 2.45) is 23.1 Å². The van der Waals surface area contributed by atoms with Gasteiger partial charge in [-0.05, 0) is 83.7 Å². The van der Waals surface area contributed by atoms with Crippen molar-refractivity contribution >= 4 is 34.8 Å². The first-order chi connectivity index (χ1) is 21.1. The van der Waals surface area contributed by atoms with E-state index in [4.69, 9.17) is 10.8 Å². The smallest absolute Gasteiger partial charge is 0.147 e. The van der Waals surface area contributed by atoms with Gasteiger partial charge in [-0.2, -0.15) is 0 Å². The van der Waals surface area contributed by atoms with Gasteiger partial charge in [0, 0.05) is 35.8 Å². The molecule has 0 unspecified atom stereocenters. The molecular weight excluding hydrogens is 579 g/mol. The van der Waals surface area contributed by atoms with Gasteiger partial charge >= 0.3 is 0 Å². The lowest BCUT2D eigenvalue weighted by Gasteiger charge is -2.22. The van der Waals surface area contributed by atoms with Crippen molar-refractivity contribution in [3.63, 3.8) is 0 Å². The van der Waals surface area contributed by atoms with Crippen LogP contribution in [0.5, 0.6) is 0 Å². The number of nitrogens with zero attached hydrogens (tertiary/aromatic N) is 4. The molecule has 5 rings (SSSR count). The highest BCUT2D eigenvalue weighted by molar-refractivity contribution is 7.99. The minimum absolute atomic E-state index is 0.0416. The molecule has 2 aromatic rings. The zero-order valence-corrected chi connectivity index (χ0v) is 30.6. The van der Waals surface area contributed by atoms with Crippen LogP contribution in [0.4, 0.5) is 11.5 Å². The lowest BCUT2D eigenvalue weighted by Crippen LogP contribution is -2.21. The minimum atomic E-state index is 0.0416. The van der Waals surface area contributed by atoms with Gasteiger partial charge in [-0.25, -0.2) is 10.8 Å². The average Bonchev–Trinajstić information content (AvgIpc) is 3.68. The van der Waals surface area contributed by atoms with Crippen LogP contribution in [0.2, 0.25) is 0 Å². The van der Waals surface area contributed by atoms with Crippen LogP contribution in [0.3, 0.4) is 0 Å². The highest BCUT2D eigenvalue weighted by atomic mass is 32.2. The summed E-state index contributed by atoms with van der Waals surface area (Å²) < 4.78 is 1.67. The second-order valence-corrected chi connectivity index (χ2v) is 15.5. The van der Waals surface area contributed by atoms with Crippen LogP contribution >= 0.6 is 23.3 Å². The van der Waals surface area contributed by atoms with Gasteiger partial charge in [0.15, 0.2) is 0 Å². The number of allylic oxidation sites excluding steroid dienone is 1. The van der Waals surface area contributed by atoms with E-state index in [1.807, 2.05) is 25.6 Å². The number of hydrogen-bond acceptors (Lipinski definition) is 7. The molecule has 5 nitrogen and oxygen atoms in total. The first-order valence-corrected chi connectivity index (χ1v) is 18.9. The molecule has 7 heteroatoms. The van der Waals surface area contributed by atoms with E-state index in [0.29, 0.717) is 0 Å². The first-order valence-electron chi connectivity index (χ1n) is 16.9. The zero-order valence-electron chi connectivity index (χ0n) is 29.0. The number of thiophene rings is 1. The highest BCUT2D eigenvalue weighted by Crippen LogP contribution is 2.30. The first kappa shape index (κ1) is 38.2. The molecule has 1 aliphatic heterocycles. The molecule has 246 valence electrons. The summed E-state index contributed by atoms with van der Waals surface area (Å²) in [5, 5.41) is 0. The summed E-state index contributed by atoms with van der Waals surface area (Å²) >= 11 is 3.19.